The number of rotatable bonds is 5. The molecule has 2 aromatic heterocycles. The molecule has 0 saturated carbocycles. The first-order valence-electron chi connectivity index (χ1n) is 5.37. The molecule has 1 amide bonds. The Bertz CT molecular complexity index is 579. The lowest BCUT2D eigenvalue weighted by Gasteiger charge is -2.04. The van der Waals surface area contributed by atoms with Crippen LogP contribution in [0.15, 0.2) is 10.7 Å². The third-order valence-corrected chi connectivity index (χ3v) is 2.84. The molecule has 0 aromatic carbocycles. The minimum atomic E-state index is -0.388. The molecule has 0 fully saturated rings. The minimum Gasteiger partial charge on any atom is -0.383 e. The summed E-state index contributed by atoms with van der Waals surface area (Å²) in [6.45, 7) is 0.893. The lowest BCUT2D eigenvalue weighted by Crippen LogP contribution is -2.18. The number of carbonyl (C=O) groups is 1. The van der Waals surface area contributed by atoms with Gasteiger partial charge in [-0.05, 0) is 26.4 Å². The number of halogens is 1. The lowest BCUT2D eigenvalue weighted by atomic mass is 10.4. The molecule has 0 radical (unpaired) electrons. The van der Waals surface area contributed by atoms with Crippen molar-refractivity contribution >= 4 is 27.8 Å². The third-order valence-electron chi connectivity index (χ3n) is 2.26. The zero-order valence-corrected chi connectivity index (χ0v) is 12.0. The smallest absolute Gasteiger partial charge is 0.279 e. The van der Waals surface area contributed by atoms with Gasteiger partial charge in [-0.1, -0.05) is 5.10 Å². The Morgan fingerprint density at radius 1 is 1.58 bits per heavy atom. The first-order valence-corrected chi connectivity index (χ1v) is 6.16. The summed E-state index contributed by atoms with van der Waals surface area (Å²) in [5.41, 5.74) is 0.267. The third kappa shape index (κ3) is 3.15. The second kappa shape index (κ2) is 5.89. The van der Waals surface area contributed by atoms with E-state index in [1.807, 2.05) is 0 Å². The van der Waals surface area contributed by atoms with Gasteiger partial charge in [0.2, 0.25) is 5.95 Å². The molecular weight excluding hydrogens is 318 g/mol. The molecule has 0 aliphatic carbocycles. The largest absolute Gasteiger partial charge is 0.383 e. The molecule has 10 heteroatoms. The van der Waals surface area contributed by atoms with Crippen LogP contribution in [0.4, 0.5) is 5.95 Å². The monoisotopic (exact) mass is 329 g/mol. The second-order valence-corrected chi connectivity index (χ2v) is 4.53. The van der Waals surface area contributed by atoms with Crippen molar-refractivity contribution in [3.8, 4) is 0 Å². The summed E-state index contributed by atoms with van der Waals surface area (Å²) in [7, 11) is 3.30. The highest BCUT2D eigenvalue weighted by atomic mass is 79.9. The van der Waals surface area contributed by atoms with Crippen molar-refractivity contribution in [3.05, 3.63) is 16.4 Å². The number of anilines is 1. The van der Waals surface area contributed by atoms with Gasteiger partial charge < -0.3 is 4.74 Å². The van der Waals surface area contributed by atoms with E-state index in [0.717, 1.165) is 0 Å². The van der Waals surface area contributed by atoms with Crippen LogP contribution in [0.5, 0.6) is 0 Å². The van der Waals surface area contributed by atoms with Crippen molar-refractivity contribution in [1.82, 2.24) is 30.0 Å². The van der Waals surface area contributed by atoms with Crippen molar-refractivity contribution in [1.29, 1.82) is 0 Å². The first kappa shape index (κ1) is 13.6. The van der Waals surface area contributed by atoms with E-state index < -0.39 is 0 Å². The number of nitrogens with one attached hydrogen (secondary N) is 1. The summed E-state index contributed by atoms with van der Waals surface area (Å²) in [6, 6.07) is 0. The summed E-state index contributed by atoms with van der Waals surface area (Å²) in [4.78, 5) is 12.0. The van der Waals surface area contributed by atoms with Crippen LogP contribution in [-0.2, 0) is 18.3 Å². The zero-order chi connectivity index (χ0) is 13.8. The van der Waals surface area contributed by atoms with Crippen LogP contribution in [0, 0.1) is 0 Å². The number of methoxy groups -OCH3 is 1. The Hall–Kier alpha value is -1.81. The van der Waals surface area contributed by atoms with E-state index in [-0.39, 0.29) is 17.5 Å². The van der Waals surface area contributed by atoms with Gasteiger partial charge in [0.1, 0.15) is 0 Å². The molecule has 9 nitrogen and oxygen atoms in total. The molecule has 0 unspecified atom stereocenters. The van der Waals surface area contributed by atoms with Gasteiger partial charge in [-0.2, -0.15) is 5.10 Å². The molecule has 0 spiro atoms. The molecule has 2 rings (SSSR count). The molecule has 2 aromatic rings. The highest BCUT2D eigenvalue weighted by Gasteiger charge is 2.17. The maximum absolute atomic E-state index is 12.0. The van der Waals surface area contributed by atoms with Gasteiger partial charge in [0.25, 0.3) is 5.91 Å². The molecule has 0 bridgehead atoms. The minimum absolute atomic E-state index is 0.250. The zero-order valence-electron chi connectivity index (χ0n) is 10.4. The normalized spacial score (nSPS) is 10.7. The quantitative estimate of drug-likeness (QED) is 0.833. The maximum Gasteiger partial charge on any atom is 0.279 e. The number of carbonyl (C=O) groups excluding carboxylic acids is 1. The van der Waals surface area contributed by atoms with Crippen LogP contribution in [0.2, 0.25) is 0 Å². The number of hydrogen-bond acceptors (Lipinski definition) is 6. The van der Waals surface area contributed by atoms with Crippen LogP contribution in [-0.4, -0.2) is 49.6 Å². The van der Waals surface area contributed by atoms with Crippen LogP contribution in [0.25, 0.3) is 0 Å². The van der Waals surface area contributed by atoms with Gasteiger partial charge in [-0.3, -0.25) is 14.8 Å². The summed E-state index contributed by atoms with van der Waals surface area (Å²) < 4.78 is 8.51. The van der Waals surface area contributed by atoms with Crippen LogP contribution < -0.4 is 5.32 Å². The van der Waals surface area contributed by atoms with Gasteiger partial charge in [0.05, 0.1) is 17.6 Å². The number of aromatic nitrogens is 6. The molecular formula is C9H12BrN7O2. The number of aryl methyl sites for hydroxylation is 1. The lowest BCUT2D eigenvalue weighted by molar-refractivity contribution is 0.101. The Morgan fingerprint density at radius 2 is 2.37 bits per heavy atom. The summed E-state index contributed by atoms with van der Waals surface area (Å²) in [6.07, 6.45) is 1.68. The highest BCUT2D eigenvalue weighted by Crippen LogP contribution is 2.15. The van der Waals surface area contributed by atoms with Crippen LogP contribution in [0.3, 0.4) is 0 Å². The predicted octanol–water partition coefficient (Wildman–Crippen LogP) is 0.0678. The van der Waals surface area contributed by atoms with Gasteiger partial charge >= 0.3 is 0 Å². The predicted molar refractivity (Wildman–Crippen MR) is 68.6 cm³/mol. The van der Waals surface area contributed by atoms with E-state index in [1.165, 1.54) is 9.36 Å². The van der Waals surface area contributed by atoms with Crippen molar-refractivity contribution < 1.29 is 9.53 Å². The number of hydrogen-bond donors (Lipinski definition) is 1. The van der Waals surface area contributed by atoms with Crippen LogP contribution in [0.1, 0.15) is 10.5 Å². The molecule has 2 heterocycles. The van der Waals surface area contributed by atoms with E-state index >= 15 is 0 Å². The van der Waals surface area contributed by atoms with Crippen molar-refractivity contribution in [3.63, 3.8) is 0 Å². The summed E-state index contributed by atoms with van der Waals surface area (Å²) >= 11 is 3.26. The molecule has 0 aliphatic heterocycles. The Kier molecular flexibility index (Phi) is 4.22. The second-order valence-electron chi connectivity index (χ2n) is 3.67. The van der Waals surface area contributed by atoms with Crippen molar-refractivity contribution in [2.45, 2.75) is 6.54 Å². The van der Waals surface area contributed by atoms with E-state index in [1.54, 1.807) is 20.4 Å². The average molecular weight is 330 g/mol. The number of amides is 1. The molecule has 0 aliphatic rings. The van der Waals surface area contributed by atoms with E-state index in [9.17, 15) is 4.79 Å². The first-order chi connectivity index (χ1) is 9.11. The molecule has 102 valence electrons. The highest BCUT2D eigenvalue weighted by molar-refractivity contribution is 9.10. The Balaban J connectivity index is 2.11. The maximum atomic E-state index is 12.0. The molecule has 0 atom stereocenters. The molecule has 19 heavy (non-hydrogen) atoms. The van der Waals surface area contributed by atoms with Gasteiger partial charge in [0, 0.05) is 20.4 Å². The molecule has 1 N–H and O–H groups in total. The molecule has 0 saturated heterocycles. The Morgan fingerprint density at radius 3 is 3.00 bits per heavy atom. The van der Waals surface area contributed by atoms with E-state index in [4.69, 9.17) is 4.74 Å². The Labute approximate surface area is 117 Å². The van der Waals surface area contributed by atoms with Crippen molar-refractivity contribution in [2.75, 3.05) is 19.0 Å². The van der Waals surface area contributed by atoms with Gasteiger partial charge in [0.15, 0.2) is 5.69 Å². The van der Waals surface area contributed by atoms with E-state index in [0.29, 0.717) is 17.6 Å². The van der Waals surface area contributed by atoms with E-state index in [2.05, 4.69) is 41.9 Å². The van der Waals surface area contributed by atoms with Crippen LogP contribution >= 0.6 is 15.9 Å². The number of nitrogens with zero attached hydrogens (tertiary/aromatic N) is 6. The topological polar surface area (TPSA) is 99.8 Å². The summed E-state index contributed by atoms with van der Waals surface area (Å²) in [5.74, 6) is -0.138. The number of ether oxygens (including phenoxy) is 1. The number of tetrazole rings is 1. The average Bonchev–Trinajstić information content (AvgIpc) is 2.93. The summed E-state index contributed by atoms with van der Waals surface area (Å²) in [5, 5.41) is 17.6. The standard InChI is InChI=1S/C9H12BrN7O2/c1-16-5-6(10)7(13-16)8(18)11-9-12-14-15-17(9)3-4-19-2/h5H,3-4H2,1-2H3,(H,11,12,15,18). The fraction of sp³-hybridized carbons (Fsp3) is 0.444. The fourth-order valence-corrected chi connectivity index (χ4v) is 1.95. The van der Waals surface area contributed by atoms with Gasteiger partial charge in [-0.15, -0.1) is 0 Å². The van der Waals surface area contributed by atoms with Gasteiger partial charge in [-0.25, -0.2) is 4.68 Å². The van der Waals surface area contributed by atoms with Crippen molar-refractivity contribution in [2.24, 2.45) is 7.05 Å². The SMILES string of the molecule is COCCn1nnnc1NC(=O)c1nn(C)cc1Br. The fourth-order valence-electron chi connectivity index (χ4n) is 1.40.